The van der Waals surface area contributed by atoms with Crippen molar-refractivity contribution in [2.24, 2.45) is 5.92 Å². The summed E-state index contributed by atoms with van der Waals surface area (Å²) >= 11 is 0. The highest BCUT2D eigenvalue weighted by Gasteiger charge is 2.29. The molecule has 1 unspecified atom stereocenters. The van der Waals surface area contributed by atoms with Crippen molar-refractivity contribution in [2.75, 3.05) is 13.1 Å². The molecule has 1 aliphatic heterocycles. The van der Waals surface area contributed by atoms with Crippen molar-refractivity contribution in [1.82, 2.24) is 10.1 Å². The van der Waals surface area contributed by atoms with Gasteiger partial charge in [0.15, 0.2) is 5.69 Å². The summed E-state index contributed by atoms with van der Waals surface area (Å²) in [6.07, 6.45) is 0.844. The van der Waals surface area contributed by atoms with Gasteiger partial charge in [0.1, 0.15) is 5.76 Å². The first-order valence-corrected chi connectivity index (χ1v) is 5.50. The van der Waals surface area contributed by atoms with Crippen LogP contribution in [0.3, 0.4) is 0 Å². The van der Waals surface area contributed by atoms with Crippen LogP contribution in [0, 0.1) is 12.8 Å². The van der Waals surface area contributed by atoms with Gasteiger partial charge in [-0.05, 0) is 19.3 Å². The van der Waals surface area contributed by atoms with Crippen LogP contribution in [-0.4, -0.2) is 40.1 Å². The molecule has 1 fully saturated rings. The van der Waals surface area contributed by atoms with E-state index >= 15 is 0 Å². The van der Waals surface area contributed by atoms with E-state index in [0.717, 1.165) is 6.42 Å². The molecule has 2 rings (SSSR count). The monoisotopic (exact) mass is 238 g/mol. The van der Waals surface area contributed by atoms with Gasteiger partial charge < -0.3 is 14.5 Å². The van der Waals surface area contributed by atoms with Gasteiger partial charge in [-0.2, -0.15) is 0 Å². The number of aromatic nitrogens is 1. The van der Waals surface area contributed by atoms with E-state index in [1.165, 1.54) is 0 Å². The Morgan fingerprint density at radius 1 is 1.65 bits per heavy atom. The van der Waals surface area contributed by atoms with E-state index in [-0.39, 0.29) is 18.2 Å². The summed E-state index contributed by atoms with van der Waals surface area (Å²) in [7, 11) is 0. The average molecular weight is 238 g/mol. The highest BCUT2D eigenvalue weighted by molar-refractivity contribution is 5.92. The predicted octanol–water partition coefficient (Wildman–Crippen LogP) is 0.920. The van der Waals surface area contributed by atoms with Crippen molar-refractivity contribution in [3.05, 3.63) is 17.5 Å². The summed E-state index contributed by atoms with van der Waals surface area (Å²) in [4.78, 5) is 24.2. The molecule has 1 saturated heterocycles. The van der Waals surface area contributed by atoms with E-state index in [1.54, 1.807) is 17.9 Å². The number of amides is 1. The minimum absolute atomic E-state index is 0.0458. The Bertz CT molecular complexity index is 440. The number of likely N-dealkylation sites (tertiary alicyclic amines) is 1. The molecule has 92 valence electrons. The van der Waals surface area contributed by atoms with E-state index in [4.69, 9.17) is 9.63 Å². The van der Waals surface area contributed by atoms with Crippen molar-refractivity contribution in [3.8, 4) is 0 Å². The van der Waals surface area contributed by atoms with E-state index in [9.17, 15) is 9.59 Å². The first-order valence-electron chi connectivity index (χ1n) is 5.50. The number of aryl methyl sites for hydroxylation is 1. The highest BCUT2D eigenvalue weighted by atomic mass is 16.5. The normalized spacial score (nSPS) is 19.6. The summed E-state index contributed by atoms with van der Waals surface area (Å²) in [5, 5.41) is 12.4. The molecule has 1 aromatic heterocycles. The second-order valence-corrected chi connectivity index (χ2v) is 4.33. The third-order valence-corrected chi connectivity index (χ3v) is 2.88. The van der Waals surface area contributed by atoms with Crippen molar-refractivity contribution in [1.29, 1.82) is 0 Å². The average Bonchev–Trinajstić information content (AvgIpc) is 2.85. The molecule has 6 nitrogen and oxygen atoms in total. The highest BCUT2D eigenvalue weighted by Crippen LogP contribution is 2.21. The Morgan fingerprint density at radius 2 is 2.41 bits per heavy atom. The number of rotatable bonds is 3. The summed E-state index contributed by atoms with van der Waals surface area (Å²) < 4.78 is 4.84. The zero-order valence-corrected chi connectivity index (χ0v) is 9.55. The zero-order valence-electron chi connectivity index (χ0n) is 9.55. The Morgan fingerprint density at radius 3 is 3.00 bits per heavy atom. The SMILES string of the molecule is Cc1cc(C(=O)N2CCC(CC(=O)O)C2)no1. The third kappa shape index (κ3) is 2.64. The van der Waals surface area contributed by atoms with Crippen LogP contribution in [0.4, 0.5) is 0 Å². The van der Waals surface area contributed by atoms with Gasteiger partial charge >= 0.3 is 5.97 Å². The van der Waals surface area contributed by atoms with Crippen LogP contribution >= 0.6 is 0 Å². The van der Waals surface area contributed by atoms with Gasteiger partial charge in [-0.3, -0.25) is 9.59 Å². The van der Waals surface area contributed by atoms with Crippen LogP contribution in [0.15, 0.2) is 10.6 Å². The van der Waals surface area contributed by atoms with E-state index in [2.05, 4.69) is 5.16 Å². The number of carboxylic acids is 1. The maximum absolute atomic E-state index is 11.9. The minimum atomic E-state index is -0.818. The third-order valence-electron chi connectivity index (χ3n) is 2.88. The molecule has 0 spiro atoms. The number of aliphatic carboxylic acids is 1. The summed E-state index contributed by atoms with van der Waals surface area (Å²) in [5.74, 6) is -0.365. The molecule has 0 aromatic carbocycles. The second kappa shape index (κ2) is 4.57. The Kier molecular flexibility index (Phi) is 3.12. The molecule has 0 radical (unpaired) electrons. The van der Waals surface area contributed by atoms with Crippen molar-refractivity contribution in [3.63, 3.8) is 0 Å². The van der Waals surface area contributed by atoms with Gasteiger partial charge in [0.05, 0.1) is 0 Å². The first kappa shape index (κ1) is 11.6. The van der Waals surface area contributed by atoms with Gasteiger partial charge in [-0.1, -0.05) is 5.16 Å². The lowest BCUT2D eigenvalue weighted by molar-refractivity contribution is -0.138. The second-order valence-electron chi connectivity index (χ2n) is 4.33. The summed E-state index contributed by atoms with van der Waals surface area (Å²) in [6.45, 7) is 2.79. The number of carbonyl (C=O) groups is 2. The summed E-state index contributed by atoms with van der Waals surface area (Å²) in [6, 6.07) is 1.59. The molecule has 17 heavy (non-hydrogen) atoms. The van der Waals surface area contributed by atoms with Crippen molar-refractivity contribution < 1.29 is 19.2 Å². The molecule has 6 heteroatoms. The van der Waals surface area contributed by atoms with Crippen LogP contribution in [0.5, 0.6) is 0 Å². The van der Waals surface area contributed by atoms with E-state index < -0.39 is 5.97 Å². The number of carboxylic acid groups (broad SMARTS) is 1. The largest absolute Gasteiger partial charge is 0.481 e. The van der Waals surface area contributed by atoms with Gasteiger partial charge in [0, 0.05) is 25.6 Å². The molecule has 0 aliphatic carbocycles. The number of hydrogen-bond donors (Lipinski definition) is 1. The van der Waals surface area contributed by atoms with Crippen molar-refractivity contribution >= 4 is 11.9 Å². The van der Waals surface area contributed by atoms with Crippen LogP contribution in [0.1, 0.15) is 29.1 Å². The smallest absolute Gasteiger partial charge is 0.303 e. The lowest BCUT2D eigenvalue weighted by Crippen LogP contribution is -2.29. The van der Waals surface area contributed by atoms with E-state index in [0.29, 0.717) is 24.5 Å². The lowest BCUT2D eigenvalue weighted by Gasteiger charge is -2.13. The Labute approximate surface area is 98.2 Å². The minimum Gasteiger partial charge on any atom is -0.481 e. The maximum Gasteiger partial charge on any atom is 0.303 e. The van der Waals surface area contributed by atoms with Gasteiger partial charge in [0.25, 0.3) is 5.91 Å². The molecular weight excluding hydrogens is 224 g/mol. The molecule has 0 saturated carbocycles. The van der Waals surface area contributed by atoms with Gasteiger partial charge in [0.2, 0.25) is 0 Å². The summed E-state index contributed by atoms with van der Waals surface area (Å²) in [5.41, 5.74) is 0.290. The Hall–Kier alpha value is -1.85. The van der Waals surface area contributed by atoms with Crippen LogP contribution < -0.4 is 0 Å². The molecule has 1 amide bonds. The van der Waals surface area contributed by atoms with E-state index in [1.807, 2.05) is 0 Å². The topological polar surface area (TPSA) is 83.6 Å². The molecule has 0 bridgehead atoms. The van der Waals surface area contributed by atoms with Gasteiger partial charge in [-0.25, -0.2) is 0 Å². The number of hydrogen-bond acceptors (Lipinski definition) is 4. The lowest BCUT2D eigenvalue weighted by atomic mass is 10.1. The Balaban J connectivity index is 1.96. The zero-order chi connectivity index (χ0) is 12.4. The molecule has 2 heterocycles. The van der Waals surface area contributed by atoms with Crippen LogP contribution in [-0.2, 0) is 4.79 Å². The first-order chi connectivity index (χ1) is 8.06. The number of carbonyl (C=O) groups excluding carboxylic acids is 1. The maximum atomic E-state index is 11.9. The molecule has 1 aromatic rings. The fraction of sp³-hybridized carbons (Fsp3) is 0.545. The van der Waals surface area contributed by atoms with Gasteiger partial charge in [-0.15, -0.1) is 0 Å². The molecule has 1 atom stereocenters. The number of nitrogens with zero attached hydrogens (tertiary/aromatic N) is 2. The fourth-order valence-corrected chi connectivity index (χ4v) is 2.06. The molecule has 1 N–H and O–H groups in total. The molecular formula is C11H14N2O4. The van der Waals surface area contributed by atoms with Crippen LogP contribution in [0.25, 0.3) is 0 Å². The predicted molar refractivity (Wildman–Crippen MR) is 57.5 cm³/mol. The van der Waals surface area contributed by atoms with Crippen molar-refractivity contribution in [2.45, 2.75) is 19.8 Å². The molecule has 1 aliphatic rings. The fourth-order valence-electron chi connectivity index (χ4n) is 2.06. The quantitative estimate of drug-likeness (QED) is 0.846. The standard InChI is InChI=1S/C11H14N2O4/c1-7-4-9(12-17-7)11(16)13-3-2-8(6-13)5-10(14)15/h4,8H,2-3,5-6H2,1H3,(H,14,15). The van der Waals surface area contributed by atoms with Crippen LogP contribution in [0.2, 0.25) is 0 Å².